The molecule has 636 valence electrons. The van der Waals surface area contributed by atoms with Crippen molar-refractivity contribution in [3.63, 3.8) is 0 Å². The Morgan fingerprint density at radius 1 is 0.583 bits per heavy atom. The van der Waals surface area contributed by atoms with Gasteiger partial charge < -0.3 is 66.3 Å². The first-order valence-electron chi connectivity index (χ1n) is 39.7. The molecule has 1 aliphatic heterocycles. The molecule has 8 aromatic heterocycles. The number of likely N-dealkylation sites (tertiary alicyclic amines) is 1. The summed E-state index contributed by atoms with van der Waals surface area (Å²) < 4.78 is 29.0. The number of carbonyl (C=O) groups excluding carboxylic acids is 5. The van der Waals surface area contributed by atoms with Gasteiger partial charge in [0.1, 0.15) is 56.6 Å². The van der Waals surface area contributed by atoms with E-state index in [9.17, 15) is 42.7 Å². The van der Waals surface area contributed by atoms with E-state index in [1.807, 2.05) is 120 Å². The molecule has 12 aromatic rings. The van der Waals surface area contributed by atoms with Crippen molar-refractivity contribution in [2.24, 2.45) is 0 Å². The third kappa shape index (κ3) is 24.0. The van der Waals surface area contributed by atoms with E-state index in [0.717, 1.165) is 68.8 Å². The van der Waals surface area contributed by atoms with Crippen LogP contribution in [0, 0.1) is 19.7 Å². The van der Waals surface area contributed by atoms with E-state index >= 15 is 0 Å². The number of nitrogens with two attached hydrogens (primary N) is 1. The number of halogens is 2. The van der Waals surface area contributed by atoms with Gasteiger partial charge in [0.25, 0.3) is 40.3 Å². The van der Waals surface area contributed by atoms with Crippen molar-refractivity contribution in [2.45, 2.75) is 98.5 Å². The number of carbonyl (C=O) groups is 5. The molecule has 1 aliphatic rings. The molecule has 0 unspecified atom stereocenters. The predicted molar refractivity (Wildman–Crippen MR) is 464 cm³/mol. The summed E-state index contributed by atoms with van der Waals surface area (Å²) in [6, 6.07) is 33.3. The van der Waals surface area contributed by atoms with Crippen LogP contribution in [0.25, 0.3) is 22.6 Å². The number of rotatable bonds is 28. The number of H-pyrrole nitrogens is 3. The SMILES string of the molecule is CCN1CCC(c2cc(N)n3ncc(C(=O)Nc4ccc(F)cc4)c3n2)CC1.CCOc1ccc(NC(=O)c2c[nH]n3c(=O)cc(CCCNC(=O)OC(C)(C)C)nc23)cc1.Cc1nc2c(C(=O)NCCc3ccc(Cl)cc3)c[nH]n2c(=O)c1N(C)CCN(C)C.Cc1nc2c(C(=O)NCCc3ccccc3)c[nH]n2c(=O)c1N(C)CCN(C)C. The second-order valence-electron chi connectivity index (χ2n) is 30.4. The second-order valence-corrected chi connectivity index (χ2v) is 30.8. The molecule has 5 amide bonds. The monoisotopic (exact) mass is 1660 g/mol. The number of likely N-dealkylation sites (N-methyl/N-ethyl adjacent to an activating group) is 4. The summed E-state index contributed by atoms with van der Waals surface area (Å²) in [5.74, 6) is -0.150. The number of benzene rings is 4. The summed E-state index contributed by atoms with van der Waals surface area (Å²) >= 11 is 5.89. The number of hydrogen-bond acceptors (Lipinski definition) is 21. The van der Waals surface area contributed by atoms with E-state index in [1.165, 1.54) is 73.2 Å². The van der Waals surface area contributed by atoms with Crippen molar-refractivity contribution in [2.75, 3.05) is 141 Å². The van der Waals surface area contributed by atoms with E-state index in [4.69, 9.17) is 31.8 Å². The van der Waals surface area contributed by atoms with Gasteiger partial charge in [-0.3, -0.25) is 48.9 Å². The average Bonchev–Trinajstić information content (AvgIpc) is 1.59. The van der Waals surface area contributed by atoms with Crippen LogP contribution in [-0.2, 0) is 24.0 Å². The Morgan fingerprint density at radius 3 is 1.60 bits per heavy atom. The number of ether oxygens (including phenoxy) is 2. The van der Waals surface area contributed by atoms with Crippen LogP contribution < -0.4 is 63.5 Å². The normalized spacial score (nSPS) is 12.3. The lowest BCUT2D eigenvalue weighted by Gasteiger charge is -2.30. The first-order valence-corrected chi connectivity index (χ1v) is 40.1. The second kappa shape index (κ2) is 41.6. The predicted octanol–water partition coefficient (Wildman–Crippen LogP) is 9.29. The van der Waals surface area contributed by atoms with Crippen molar-refractivity contribution < 1.29 is 37.8 Å². The highest BCUT2D eigenvalue weighted by Crippen LogP contribution is 2.30. The lowest BCUT2D eigenvalue weighted by Crippen LogP contribution is -2.34. The topological polar surface area (TPSA) is 387 Å². The molecule has 35 heteroatoms. The van der Waals surface area contributed by atoms with Gasteiger partial charge in [-0.1, -0.05) is 61.0 Å². The van der Waals surface area contributed by atoms with Gasteiger partial charge in [0, 0.05) is 124 Å². The molecule has 0 saturated carbocycles. The summed E-state index contributed by atoms with van der Waals surface area (Å²) in [4.78, 5) is 130. The van der Waals surface area contributed by atoms with Crippen LogP contribution in [0.4, 0.5) is 37.8 Å². The zero-order chi connectivity index (χ0) is 86.5. The fraction of sp³-hybridized carbons (Fsp3) is 0.376. The quantitative estimate of drug-likeness (QED) is 0.0206. The lowest BCUT2D eigenvalue weighted by atomic mass is 9.93. The minimum Gasteiger partial charge on any atom is -0.494 e. The molecule has 1 saturated heterocycles. The number of hydrogen-bond donors (Lipinski definition) is 9. The zero-order valence-electron chi connectivity index (χ0n) is 70.1. The van der Waals surface area contributed by atoms with Crippen LogP contribution in [0.1, 0.15) is 135 Å². The number of fused-ring (bicyclic) bond motifs is 4. The molecule has 4 aromatic carbocycles. The number of nitrogens with zero attached hydrogens (tertiary/aromatic N) is 14. The first-order chi connectivity index (χ1) is 57.4. The average molecular weight is 1670 g/mol. The minimum atomic E-state index is -0.568. The zero-order valence-corrected chi connectivity index (χ0v) is 70.8. The van der Waals surface area contributed by atoms with Crippen molar-refractivity contribution in [3.05, 3.63) is 238 Å². The molecule has 9 heterocycles. The molecular formula is C85H107ClFN23O10. The Hall–Kier alpha value is -12.8. The van der Waals surface area contributed by atoms with Crippen molar-refractivity contribution >= 4 is 92.5 Å². The Bertz CT molecular complexity index is 5690. The van der Waals surface area contributed by atoms with Crippen LogP contribution in [-0.4, -0.2) is 223 Å². The number of nitrogen functional groups attached to an aromatic ring is 1. The van der Waals surface area contributed by atoms with E-state index in [0.29, 0.717) is 155 Å². The number of nitrogens with one attached hydrogen (secondary N) is 8. The highest BCUT2D eigenvalue weighted by Gasteiger charge is 2.27. The molecule has 0 bridgehead atoms. The Labute approximate surface area is 698 Å². The smallest absolute Gasteiger partial charge is 0.407 e. The van der Waals surface area contributed by atoms with Crippen LogP contribution >= 0.6 is 11.6 Å². The highest BCUT2D eigenvalue weighted by molar-refractivity contribution is 6.30. The van der Waals surface area contributed by atoms with Crippen LogP contribution in [0.15, 0.2) is 154 Å². The Balaban J connectivity index is 0.000000168. The number of aromatic nitrogens is 12. The standard InChI is InChI=1S/C23H29N5O5.C21H27ClN6O2.C21H28N6O2.C20H23FN6O/c1-5-32-17-10-8-15(9-11-17)27-21(30)18-14-25-28-19(29)13-16(26-20(18)28)7-6-12-24-22(31)33-23(2,3)4;1-14-18(27(4)12-11-26(2)3)21(30)28-19(25-14)17(13-24-28)20(29)23-10-9-15-5-7-16(22)8-6-15;1-15-18(26(4)13-12-25(2)3)21(29)27-19(24-15)17(14-23-27)20(28)22-11-10-16-8-6-5-7-9-16;1-2-26-9-7-13(8-10-26)17-11-18(22)27-19(25-17)16(12-23-27)20(28)24-15-5-3-14(21)4-6-15/h8-11,13-14,25H,5-7,12H2,1-4H3,(H,24,31)(H,27,30);5-8,13,24H,9-12H2,1-4H3,(H,23,29);5-9,14,23H,10-13H2,1-4H3,(H,22,28);3-6,11-13H,2,7-10,22H2,1H3,(H,24,28). The van der Waals surface area contributed by atoms with Crippen molar-refractivity contribution in [3.8, 4) is 5.75 Å². The molecule has 0 radical (unpaired) electrons. The van der Waals surface area contributed by atoms with Gasteiger partial charge in [0.15, 0.2) is 22.6 Å². The molecule has 10 N–H and O–H groups in total. The summed E-state index contributed by atoms with van der Waals surface area (Å²) in [7, 11) is 11.7. The molecular weight excluding hydrogens is 1560 g/mol. The first kappa shape index (κ1) is 89.6. The van der Waals surface area contributed by atoms with Gasteiger partial charge in [-0.2, -0.15) is 18.6 Å². The van der Waals surface area contributed by atoms with Crippen molar-refractivity contribution in [1.29, 1.82) is 0 Å². The summed E-state index contributed by atoms with van der Waals surface area (Å²) in [6.45, 7) is 21.1. The van der Waals surface area contributed by atoms with Gasteiger partial charge in [-0.25, -0.2) is 33.6 Å². The fourth-order valence-corrected chi connectivity index (χ4v) is 13.4. The van der Waals surface area contributed by atoms with E-state index in [-0.39, 0.29) is 51.4 Å². The van der Waals surface area contributed by atoms with Crippen molar-refractivity contribution in [1.82, 2.24) is 89.0 Å². The Kier molecular flexibility index (Phi) is 31.0. The summed E-state index contributed by atoms with van der Waals surface area (Å²) in [5.41, 5.74) is 14.5. The summed E-state index contributed by atoms with van der Waals surface area (Å²) in [6.07, 6.45) is 9.92. The summed E-state index contributed by atoms with van der Waals surface area (Å²) in [5, 5.41) is 27.4. The third-order valence-corrected chi connectivity index (χ3v) is 19.9. The number of piperidine rings is 1. The number of alkyl carbamates (subject to hydrolysis) is 1. The molecule has 13 rings (SSSR count). The number of aryl methyl sites for hydroxylation is 3. The maximum absolute atomic E-state index is 13.1. The lowest BCUT2D eigenvalue weighted by molar-refractivity contribution is 0.0526. The maximum atomic E-state index is 13.1. The molecule has 0 spiro atoms. The number of amides is 5. The highest BCUT2D eigenvalue weighted by atomic mass is 35.5. The van der Waals surface area contributed by atoms with E-state index in [1.54, 1.807) is 58.9 Å². The fourth-order valence-electron chi connectivity index (χ4n) is 13.2. The molecule has 0 atom stereocenters. The van der Waals surface area contributed by atoms with Gasteiger partial charge in [-0.15, -0.1) is 0 Å². The largest absolute Gasteiger partial charge is 0.494 e. The molecule has 1 fully saturated rings. The Morgan fingerprint density at radius 2 is 1.08 bits per heavy atom. The van der Waals surface area contributed by atoms with E-state index in [2.05, 4.69) is 83.6 Å². The van der Waals surface area contributed by atoms with Gasteiger partial charge in [-0.05, 0) is 200 Å². The van der Waals surface area contributed by atoms with Gasteiger partial charge in [0.2, 0.25) is 0 Å². The van der Waals surface area contributed by atoms with Crippen LogP contribution in [0.3, 0.4) is 0 Å². The molecule has 0 aliphatic carbocycles. The third-order valence-electron chi connectivity index (χ3n) is 19.6. The van der Waals surface area contributed by atoms with Gasteiger partial charge >= 0.3 is 6.09 Å². The van der Waals surface area contributed by atoms with E-state index < -0.39 is 17.6 Å². The van der Waals surface area contributed by atoms with Crippen LogP contribution in [0.2, 0.25) is 5.02 Å². The molecule has 33 nitrogen and oxygen atoms in total. The minimum absolute atomic E-state index is 0.211. The number of anilines is 5. The van der Waals surface area contributed by atoms with Crippen LogP contribution in [0.5, 0.6) is 5.75 Å². The maximum Gasteiger partial charge on any atom is 0.407 e. The molecule has 120 heavy (non-hydrogen) atoms. The number of aromatic amines is 3. The van der Waals surface area contributed by atoms with Gasteiger partial charge in [0.05, 0.1) is 24.2 Å².